The van der Waals surface area contributed by atoms with E-state index in [0.29, 0.717) is 31.8 Å². The van der Waals surface area contributed by atoms with Crippen LogP contribution in [0.25, 0.3) is 5.70 Å². The molecule has 6 nitrogen and oxygen atoms in total. The van der Waals surface area contributed by atoms with Gasteiger partial charge < -0.3 is 19.7 Å². The van der Waals surface area contributed by atoms with Crippen molar-refractivity contribution in [1.29, 1.82) is 0 Å². The highest BCUT2D eigenvalue weighted by Crippen LogP contribution is 2.42. The van der Waals surface area contributed by atoms with Gasteiger partial charge in [-0.15, -0.1) is 0 Å². The molecule has 0 radical (unpaired) electrons. The summed E-state index contributed by atoms with van der Waals surface area (Å²) in [5.74, 6) is -1.13. The molecule has 30 heavy (non-hydrogen) atoms. The summed E-state index contributed by atoms with van der Waals surface area (Å²) in [6.45, 7) is 8.88. The number of pyridine rings is 1. The summed E-state index contributed by atoms with van der Waals surface area (Å²) in [6, 6.07) is 4.48. The molecule has 0 spiro atoms. The highest BCUT2D eigenvalue weighted by molar-refractivity contribution is 6.02. The Morgan fingerprint density at radius 2 is 2.20 bits per heavy atom. The topological polar surface area (TPSA) is 80.6 Å². The van der Waals surface area contributed by atoms with Crippen molar-refractivity contribution in [2.24, 2.45) is 5.41 Å². The number of aryl methyl sites for hydroxylation is 1. The lowest BCUT2D eigenvalue weighted by atomic mass is 9.71. The first-order valence-electron chi connectivity index (χ1n) is 10.0. The Kier molecular flexibility index (Phi) is 5.02. The molecule has 2 aliphatic rings. The zero-order valence-electron chi connectivity index (χ0n) is 17.1. The van der Waals surface area contributed by atoms with Gasteiger partial charge in [0.05, 0.1) is 23.6 Å². The number of fused-ring (bicyclic) bond motifs is 2. The molecule has 7 heteroatoms. The fourth-order valence-corrected chi connectivity index (χ4v) is 4.37. The van der Waals surface area contributed by atoms with Crippen molar-refractivity contribution in [3.8, 4) is 5.75 Å². The average Bonchev–Trinajstić information content (AvgIpc) is 2.70. The van der Waals surface area contributed by atoms with Gasteiger partial charge in [0, 0.05) is 25.0 Å². The predicted molar refractivity (Wildman–Crippen MR) is 111 cm³/mol. The smallest absolute Gasteiger partial charge is 0.233 e. The Morgan fingerprint density at radius 1 is 1.43 bits per heavy atom. The standard InChI is InChI=1S/C23H25FN2O4/c1-13-9-16(24)6-5-15(13)10-25-14(2)17-11-26-12-18-23(3,7-4-8-30-18)22(29)19(26)21(28)20(17)27/h5-6,9,11,18,25,28H,2,4,7-8,10,12H2,1,3H3/t18-,23-/m0/s1. The zero-order chi connectivity index (χ0) is 21.6. The third-order valence-electron chi connectivity index (χ3n) is 6.34. The normalized spacial score (nSPS) is 22.9. The number of hydrogen-bond donors (Lipinski definition) is 2. The molecule has 1 fully saturated rings. The van der Waals surface area contributed by atoms with Crippen molar-refractivity contribution in [3.05, 3.63) is 69.4 Å². The summed E-state index contributed by atoms with van der Waals surface area (Å²) in [5.41, 5.74) is 0.805. The molecular weight excluding hydrogens is 387 g/mol. The third-order valence-corrected chi connectivity index (χ3v) is 6.34. The van der Waals surface area contributed by atoms with Crippen LogP contribution >= 0.6 is 0 Å². The largest absolute Gasteiger partial charge is 0.503 e. The first kappa shape index (κ1) is 20.3. The van der Waals surface area contributed by atoms with Crippen LogP contribution in [0, 0.1) is 18.2 Å². The predicted octanol–water partition coefficient (Wildman–Crippen LogP) is 3.14. The van der Waals surface area contributed by atoms with Gasteiger partial charge in [-0.3, -0.25) is 9.59 Å². The summed E-state index contributed by atoms with van der Waals surface area (Å²) < 4.78 is 20.7. The van der Waals surface area contributed by atoms with Gasteiger partial charge in [-0.1, -0.05) is 12.6 Å². The van der Waals surface area contributed by atoms with E-state index in [4.69, 9.17) is 4.74 Å². The maximum absolute atomic E-state index is 13.3. The number of carbonyl (C=O) groups excluding carboxylic acids is 1. The molecule has 1 aromatic carbocycles. The molecule has 2 atom stereocenters. The lowest BCUT2D eigenvalue weighted by Gasteiger charge is -2.44. The summed E-state index contributed by atoms with van der Waals surface area (Å²) >= 11 is 0. The van der Waals surface area contributed by atoms with Crippen LogP contribution in [0.4, 0.5) is 4.39 Å². The molecule has 0 saturated carbocycles. The van der Waals surface area contributed by atoms with Crippen LogP contribution in [0.15, 0.2) is 35.8 Å². The van der Waals surface area contributed by atoms with Gasteiger partial charge in [0.25, 0.3) is 0 Å². The van der Waals surface area contributed by atoms with E-state index in [2.05, 4.69) is 11.9 Å². The monoisotopic (exact) mass is 412 g/mol. The van der Waals surface area contributed by atoms with Crippen LogP contribution in [-0.2, 0) is 17.8 Å². The van der Waals surface area contributed by atoms with E-state index in [9.17, 15) is 19.1 Å². The molecule has 2 aliphatic heterocycles. The van der Waals surface area contributed by atoms with Gasteiger partial charge in [0.1, 0.15) is 11.5 Å². The summed E-state index contributed by atoms with van der Waals surface area (Å²) in [6.07, 6.45) is 2.69. The molecule has 1 saturated heterocycles. The van der Waals surface area contributed by atoms with E-state index in [1.807, 2.05) is 6.92 Å². The number of aromatic hydroxyl groups is 1. The van der Waals surface area contributed by atoms with Crippen molar-refractivity contribution in [2.75, 3.05) is 6.61 Å². The molecule has 0 amide bonds. The number of halogens is 1. The molecule has 0 unspecified atom stereocenters. The van der Waals surface area contributed by atoms with Crippen LogP contribution in [0.3, 0.4) is 0 Å². The molecule has 3 heterocycles. The molecule has 0 bridgehead atoms. The van der Waals surface area contributed by atoms with Crippen LogP contribution in [0.1, 0.15) is 46.9 Å². The minimum absolute atomic E-state index is 0.0372. The Bertz CT molecular complexity index is 1110. The molecule has 158 valence electrons. The molecular formula is C23H25FN2O4. The highest BCUT2D eigenvalue weighted by atomic mass is 19.1. The van der Waals surface area contributed by atoms with E-state index < -0.39 is 16.6 Å². The number of carbonyl (C=O) groups is 1. The van der Waals surface area contributed by atoms with E-state index in [0.717, 1.165) is 17.5 Å². The van der Waals surface area contributed by atoms with Crippen molar-refractivity contribution in [3.63, 3.8) is 0 Å². The number of nitrogens with zero attached hydrogens (tertiary/aromatic N) is 1. The summed E-state index contributed by atoms with van der Waals surface area (Å²) in [4.78, 5) is 26.0. The maximum Gasteiger partial charge on any atom is 0.233 e. The number of nitrogens with one attached hydrogen (secondary N) is 1. The Hall–Kier alpha value is -2.93. The van der Waals surface area contributed by atoms with Gasteiger partial charge in [0.15, 0.2) is 11.5 Å². The maximum atomic E-state index is 13.3. The number of ether oxygens (including phenoxy) is 1. The SMILES string of the molecule is C=C(NCc1ccc(F)cc1C)c1cn2c(c(O)c1=O)C(=O)[C@@]1(C)CCCO[C@H]1C2. The minimum atomic E-state index is -0.737. The van der Waals surface area contributed by atoms with Gasteiger partial charge in [-0.25, -0.2) is 4.39 Å². The van der Waals surface area contributed by atoms with Crippen LogP contribution in [0.5, 0.6) is 5.75 Å². The van der Waals surface area contributed by atoms with Gasteiger partial charge in [-0.05, 0) is 49.9 Å². The third kappa shape index (κ3) is 3.23. The van der Waals surface area contributed by atoms with Crippen LogP contribution in [0.2, 0.25) is 0 Å². The number of benzene rings is 1. The highest BCUT2D eigenvalue weighted by Gasteiger charge is 2.49. The second kappa shape index (κ2) is 7.40. The lowest BCUT2D eigenvalue weighted by molar-refractivity contribution is -0.0740. The molecule has 1 aromatic heterocycles. The Labute approximate surface area is 174 Å². The van der Waals surface area contributed by atoms with Gasteiger partial charge in [0.2, 0.25) is 5.43 Å². The van der Waals surface area contributed by atoms with Gasteiger partial charge >= 0.3 is 0 Å². The molecule has 0 aliphatic carbocycles. The zero-order valence-corrected chi connectivity index (χ0v) is 17.1. The van der Waals surface area contributed by atoms with Crippen molar-refractivity contribution in [1.82, 2.24) is 9.88 Å². The lowest BCUT2D eigenvalue weighted by Crippen LogP contribution is -2.52. The number of Topliss-reactive ketones (excluding diaryl/α,β-unsaturated/α-hetero) is 1. The fourth-order valence-electron chi connectivity index (χ4n) is 4.37. The number of rotatable bonds is 4. The van der Waals surface area contributed by atoms with E-state index in [-0.39, 0.29) is 29.0 Å². The Balaban J connectivity index is 1.64. The fraction of sp³-hybridized carbons (Fsp3) is 0.391. The number of ketones is 1. The summed E-state index contributed by atoms with van der Waals surface area (Å²) in [5, 5.41) is 13.7. The quantitative estimate of drug-likeness (QED) is 0.807. The van der Waals surface area contributed by atoms with Crippen LogP contribution < -0.4 is 10.7 Å². The Morgan fingerprint density at radius 3 is 2.93 bits per heavy atom. The second-order valence-electron chi connectivity index (χ2n) is 8.33. The van der Waals surface area contributed by atoms with Crippen molar-refractivity contribution >= 4 is 11.5 Å². The first-order valence-corrected chi connectivity index (χ1v) is 10.0. The van der Waals surface area contributed by atoms with E-state index in [1.54, 1.807) is 23.8 Å². The minimum Gasteiger partial charge on any atom is -0.503 e. The molecule has 4 rings (SSSR count). The van der Waals surface area contributed by atoms with Gasteiger partial charge in [-0.2, -0.15) is 0 Å². The average molecular weight is 412 g/mol. The second-order valence-corrected chi connectivity index (χ2v) is 8.33. The van der Waals surface area contributed by atoms with Crippen LogP contribution in [-0.4, -0.2) is 28.2 Å². The summed E-state index contributed by atoms with van der Waals surface area (Å²) in [7, 11) is 0. The molecule has 2 aromatic rings. The van der Waals surface area contributed by atoms with Crippen molar-refractivity contribution in [2.45, 2.75) is 45.9 Å². The van der Waals surface area contributed by atoms with E-state index in [1.165, 1.54) is 12.1 Å². The first-order chi connectivity index (χ1) is 14.2. The van der Waals surface area contributed by atoms with Crippen molar-refractivity contribution < 1.29 is 19.0 Å². The molecule has 2 N–H and O–H groups in total. The number of hydrogen-bond acceptors (Lipinski definition) is 5. The number of aromatic nitrogens is 1. The van der Waals surface area contributed by atoms with E-state index >= 15 is 0 Å².